The van der Waals surface area contributed by atoms with Gasteiger partial charge in [-0.15, -0.1) is 0 Å². The summed E-state index contributed by atoms with van der Waals surface area (Å²) in [6, 6.07) is 5.33. The van der Waals surface area contributed by atoms with E-state index in [2.05, 4.69) is 15.1 Å². The molecule has 4 rings (SSSR count). The van der Waals surface area contributed by atoms with Crippen LogP contribution in [0, 0.1) is 13.8 Å². The van der Waals surface area contributed by atoms with Crippen molar-refractivity contribution in [1.29, 1.82) is 0 Å². The Hall–Kier alpha value is -2.96. The number of likely N-dealkylation sites (tertiary alicyclic amines) is 1. The standard InChI is InChI=1S/C19H21N5O2/c1-12-13(2)21-17-10-15(22-24(17)18(12)25)16-7-3-4-9-23(16)19(26)14-6-5-8-20-11-14/h5-6,8,10-11,16,22H,3-4,7,9H2,1-2H3/t16-/m0/s1. The van der Waals surface area contributed by atoms with E-state index in [-0.39, 0.29) is 17.5 Å². The molecule has 7 heteroatoms. The van der Waals surface area contributed by atoms with Crippen LogP contribution in [0.5, 0.6) is 0 Å². The minimum absolute atomic E-state index is 0.0332. The van der Waals surface area contributed by atoms with Crippen molar-refractivity contribution in [2.75, 3.05) is 6.54 Å². The van der Waals surface area contributed by atoms with Gasteiger partial charge in [0, 0.05) is 36.3 Å². The van der Waals surface area contributed by atoms with Crippen LogP contribution in [0.4, 0.5) is 0 Å². The van der Waals surface area contributed by atoms with Crippen molar-refractivity contribution in [2.45, 2.75) is 39.2 Å². The molecule has 0 radical (unpaired) electrons. The predicted molar refractivity (Wildman–Crippen MR) is 97.2 cm³/mol. The molecule has 3 aromatic rings. The first-order chi connectivity index (χ1) is 12.6. The monoisotopic (exact) mass is 351 g/mol. The number of rotatable bonds is 2. The van der Waals surface area contributed by atoms with E-state index in [1.54, 1.807) is 31.5 Å². The van der Waals surface area contributed by atoms with Crippen LogP contribution in [-0.4, -0.2) is 36.9 Å². The summed E-state index contributed by atoms with van der Waals surface area (Å²) in [5, 5.41) is 3.17. The van der Waals surface area contributed by atoms with E-state index < -0.39 is 0 Å². The van der Waals surface area contributed by atoms with Gasteiger partial charge in [-0.05, 0) is 45.2 Å². The lowest BCUT2D eigenvalue weighted by atomic mass is 9.98. The Bertz CT molecular complexity index is 1020. The van der Waals surface area contributed by atoms with E-state index in [0.717, 1.165) is 30.7 Å². The van der Waals surface area contributed by atoms with Crippen LogP contribution < -0.4 is 5.56 Å². The first kappa shape index (κ1) is 16.5. The lowest BCUT2D eigenvalue weighted by molar-refractivity contribution is 0.0605. The minimum Gasteiger partial charge on any atom is -0.330 e. The summed E-state index contributed by atoms with van der Waals surface area (Å²) in [5.41, 5.74) is 3.27. The topological polar surface area (TPSA) is 83.4 Å². The smallest absolute Gasteiger partial charge is 0.275 e. The van der Waals surface area contributed by atoms with Gasteiger partial charge in [-0.3, -0.25) is 19.7 Å². The molecule has 1 aliphatic rings. The molecule has 0 saturated carbocycles. The maximum atomic E-state index is 13.0. The Morgan fingerprint density at radius 1 is 1.31 bits per heavy atom. The van der Waals surface area contributed by atoms with E-state index in [1.165, 1.54) is 4.52 Å². The van der Waals surface area contributed by atoms with E-state index >= 15 is 0 Å². The molecule has 1 atom stereocenters. The Kier molecular flexibility index (Phi) is 4.06. The molecule has 1 fully saturated rings. The Balaban J connectivity index is 1.75. The second kappa shape index (κ2) is 6.40. The summed E-state index contributed by atoms with van der Waals surface area (Å²) in [6.07, 6.45) is 6.12. The fourth-order valence-corrected chi connectivity index (χ4v) is 3.56. The first-order valence-electron chi connectivity index (χ1n) is 8.86. The van der Waals surface area contributed by atoms with Gasteiger partial charge in [0.05, 0.1) is 17.3 Å². The molecular formula is C19H21N5O2. The molecule has 134 valence electrons. The number of pyridine rings is 1. The minimum atomic E-state index is -0.0989. The van der Waals surface area contributed by atoms with Crippen LogP contribution >= 0.6 is 0 Å². The number of carbonyl (C=O) groups is 1. The van der Waals surface area contributed by atoms with E-state index in [0.29, 0.717) is 23.3 Å². The van der Waals surface area contributed by atoms with E-state index in [9.17, 15) is 9.59 Å². The number of nitrogens with one attached hydrogen (secondary N) is 1. The third-order valence-corrected chi connectivity index (χ3v) is 5.13. The largest absolute Gasteiger partial charge is 0.330 e. The second-order valence-corrected chi connectivity index (χ2v) is 6.78. The first-order valence-corrected chi connectivity index (χ1v) is 8.86. The number of piperidine rings is 1. The normalized spacial score (nSPS) is 17.6. The maximum absolute atomic E-state index is 13.0. The highest BCUT2D eigenvalue weighted by atomic mass is 16.2. The fourth-order valence-electron chi connectivity index (χ4n) is 3.56. The zero-order valence-electron chi connectivity index (χ0n) is 14.9. The Morgan fingerprint density at radius 2 is 2.15 bits per heavy atom. The number of aromatic nitrogens is 4. The molecule has 0 bridgehead atoms. The summed E-state index contributed by atoms with van der Waals surface area (Å²) in [4.78, 5) is 35.9. The number of hydrogen-bond donors (Lipinski definition) is 1. The van der Waals surface area contributed by atoms with Crippen molar-refractivity contribution in [3.63, 3.8) is 0 Å². The number of nitrogens with zero attached hydrogens (tertiary/aromatic N) is 4. The van der Waals surface area contributed by atoms with Gasteiger partial charge in [0.15, 0.2) is 5.65 Å². The molecule has 26 heavy (non-hydrogen) atoms. The highest BCUT2D eigenvalue weighted by molar-refractivity contribution is 5.94. The number of amides is 1. The summed E-state index contributed by atoms with van der Waals surface area (Å²) in [7, 11) is 0. The molecule has 0 unspecified atom stereocenters. The maximum Gasteiger partial charge on any atom is 0.275 e. The molecule has 0 spiro atoms. The molecule has 7 nitrogen and oxygen atoms in total. The SMILES string of the molecule is Cc1nc2cc([C@@H]3CCCCN3C(=O)c3cccnc3)[nH]n2c(=O)c1C. The Morgan fingerprint density at radius 3 is 2.92 bits per heavy atom. The third-order valence-electron chi connectivity index (χ3n) is 5.13. The fraction of sp³-hybridized carbons (Fsp3) is 0.368. The van der Waals surface area contributed by atoms with Crippen LogP contribution in [0.1, 0.15) is 52.6 Å². The van der Waals surface area contributed by atoms with Crippen LogP contribution in [-0.2, 0) is 0 Å². The van der Waals surface area contributed by atoms with Gasteiger partial charge in [0.25, 0.3) is 11.5 Å². The van der Waals surface area contributed by atoms with Crippen molar-refractivity contribution >= 4 is 11.6 Å². The summed E-state index contributed by atoms with van der Waals surface area (Å²) in [5.74, 6) is -0.0332. The molecule has 1 amide bonds. The van der Waals surface area contributed by atoms with Gasteiger partial charge in [-0.2, -0.15) is 0 Å². The number of aryl methyl sites for hydroxylation is 1. The van der Waals surface area contributed by atoms with Crippen molar-refractivity contribution < 1.29 is 4.79 Å². The van der Waals surface area contributed by atoms with Crippen LogP contribution in [0.25, 0.3) is 5.65 Å². The average molecular weight is 351 g/mol. The van der Waals surface area contributed by atoms with Crippen LogP contribution in [0.2, 0.25) is 0 Å². The zero-order valence-corrected chi connectivity index (χ0v) is 14.9. The van der Waals surface area contributed by atoms with Crippen molar-refractivity contribution in [3.05, 3.63) is 63.5 Å². The highest BCUT2D eigenvalue weighted by Gasteiger charge is 2.30. The zero-order chi connectivity index (χ0) is 18.3. The van der Waals surface area contributed by atoms with Gasteiger partial charge >= 0.3 is 0 Å². The third kappa shape index (κ3) is 2.69. The molecule has 4 heterocycles. The molecule has 1 saturated heterocycles. The number of fused-ring (bicyclic) bond motifs is 1. The Labute approximate surface area is 150 Å². The number of carbonyl (C=O) groups excluding carboxylic acids is 1. The summed E-state index contributed by atoms with van der Waals surface area (Å²) in [6.45, 7) is 4.30. The quantitative estimate of drug-likeness (QED) is 0.768. The van der Waals surface area contributed by atoms with Gasteiger partial charge in [-0.1, -0.05) is 0 Å². The number of aromatic amines is 1. The van der Waals surface area contributed by atoms with E-state index in [1.807, 2.05) is 17.9 Å². The molecule has 3 aromatic heterocycles. The van der Waals surface area contributed by atoms with Crippen LogP contribution in [0.15, 0.2) is 35.4 Å². The number of hydrogen-bond acceptors (Lipinski definition) is 4. The predicted octanol–water partition coefficient (Wildman–Crippen LogP) is 2.40. The van der Waals surface area contributed by atoms with E-state index in [4.69, 9.17) is 0 Å². The summed E-state index contributed by atoms with van der Waals surface area (Å²) >= 11 is 0. The van der Waals surface area contributed by atoms with Crippen molar-refractivity contribution in [3.8, 4) is 0 Å². The molecule has 1 aliphatic heterocycles. The molecule has 1 N–H and O–H groups in total. The van der Waals surface area contributed by atoms with Gasteiger partial charge < -0.3 is 4.90 Å². The van der Waals surface area contributed by atoms with Crippen molar-refractivity contribution in [1.82, 2.24) is 24.5 Å². The molecular weight excluding hydrogens is 330 g/mol. The van der Waals surface area contributed by atoms with Gasteiger partial charge in [0.1, 0.15) is 0 Å². The van der Waals surface area contributed by atoms with Gasteiger partial charge in [-0.25, -0.2) is 9.50 Å². The summed E-state index contributed by atoms with van der Waals surface area (Å²) < 4.78 is 1.47. The lowest BCUT2D eigenvalue weighted by Crippen LogP contribution is -2.38. The van der Waals surface area contributed by atoms with Crippen LogP contribution in [0.3, 0.4) is 0 Å². The second-order valence-electron chi connectivity index (χ2n) is 6.78. The van der Waals surface area contributed by atoms with Crippen molar-refractivity contribution in [2.24, 2.45) is 0 Å². The molecule has 0 aromatic carbocycles. The molecule has 0 aliphatic carbocycles. The van der Waals surface area contributed by atoms with Gasteiger partial charge in [0.2, 0.25) is 0 Å². The average Bonchev–Trinajstić information content (AvgIpc) is 3.10. The lowest BCUT2D eigenvalue weighted by Gasteiger charge is -2.35. The highest BCUT2D eigenvalue weighted by Crippen LogP contribution is 2.31. The number of H-pyrrole nitrogens is 1.